The number of aromatic hydroxyl groups is 2. The minimum absolute atomic E-state index is 0.0121. The van der Waals surface area contributed by atoms with Crippen LogP contribution in [0.25, 0.3) is 6.08 Å². The summed E-state index contributed by atoms with van der Waals surface area (Å²) in [5.41, 5.74) is 2.09. The number of benzene rings is 2. The Bertz CT molecular complexity index is 1130. The van der Waals surface area contributed by atoms with Gasteiger partial charge in [0.25, 0.3) is 0 Å². The number of ether oxygens (including phenoxy) is 3. The second-order valence-corrected chi connectivity index (χ2v) is 8.74. The minimum Gasteiger partial charge on any atom is -0.506 e. The average Bonchev–Trinajstić information content (AvgIpc) is 2.73. The highest BCUT2D eigenvalue weighted by Crippen LogP contribution is 2.48. The normalized spacial score (nSPS) is 21.1. The van der Waals surface area contributed by atoms with Crippen molar-refractivity contribution in [1.82, 2.24) is 0 Å². The molecule has 2 atom stereocenters. The van der Waals surface area contributed by atoms with Gasteiger partial charge in [0.2, 0.25) is 0 Å². The molecular weight excluding hydrogens is 408 g/mol. The highest BCUT2D eigenvalue weighted by molar-refractivity contribution is 6.04. The molecule has 0 fully saturated rings. The molecule has 0 aliphatic carbocycles. The molecule has 2 aliphatic heterocycles. The smallest absolute Gasteiger partial charge is 0.174 e. The average molecular weight is 437 g/mol. The number of rotatable bonds is 5. The number of carbonyl (C=O) groups excluding carboxylic acids is 1. The van der Waals surface area contributed by atoms with Gasteiger partial charge in [0.1, 0.15) is 34.5 Å². The SMILES string of the molecule is COc1cc([C@@H]2CC(=O)c3c(cc4c(c3O)C=CC(C)(CCC=C(C)C)O4)O2)ccc1O. The van der Waals surface area contributed by atoms with Gasteiger partial charge >= 0.3 is 0 Å². The van der Waals surface area contributed by atoms with Crippen LogP contribution in [0.4, 0.5) is 0 Å². The van der Waals surface area contributed by atoms with E-state index in [-0.39, 0.29) is 35.0 Å². The van der Waals surface area contributed by atoms with Crippen molar-refractivity contribution in [2.24, 2.45) is 0 Å². The van der Waals surface area contributed by atoms with Crippen LogP contribution in [-0.2, 0) is 0 Å². The molecule has 2 aromatic carbocycles. The lowest BCUT2D eigenvalue weighted by Gasteiger charge is -2.34. The largest absolute Gasteiger partial charge is 0.506 e. The number of phenols is 2. The van der Waals surface area contributed by atoms with Gasteiger partial charge in [0.05, 0.1) is 19.1 Å². The zero-order valence-electron chi connectivity index (χ0n) is 18.8. The molecule has 1 unspecified atom stereocenters. The van der Waals surface area contributed by atoms with E-state index in [0.29, 0.717) is 22.6 Å². The third-order valence-corrected chi connectivity index (χ3v) is 5.90. The summed E-state index contributed by atoms with van der Waals surface area (Å²) in [6, 6.07) is 6.54. The molecule has 2 aromatic rings. The first-order valence-corrected chi connectivity index (χ1v) is 10.7. The molecule has 0 saturated carbocycles. The Labute approximate surface area is 187 Å². The summed E-state index contributed by atoms with van der Waals surface area (Å²) in [7, 11) is 1.46. The van der Waals surface area contributed by atoms with E-state index in [1.807, 2.05) is 19.1 Å². The van der Waals surface area contributed by atoms with Crippen molar-refractivity contribution in [3.05, 3.63) is 58.7 Å². The molecular formula is C26H28O6. The van der Waals surface area contributed by atoms with Crippen LogP contribution in [0, 0.1) is 0 Å². The van der Waals surface area contributed by atoms with Crippen LogP contribution in [-0.4, -0.2) is 28.7 Å². The molecule has 0 radical (unpaired) electrons. The topological polar surface area (TPSA) is 85.2 Å². The summed E-state index contributed by atoms with van der Waals surface area (Å²) in [4.78, 5) is 12.9. The van der Waals surface area contributed by atoms with Gasteiger partial charge in [-0.3, -0.25) is 4.79 Å². The van der Waals surface area contributed by atoms with Crippen molar-refractivity contribution >= 4 is 11.9 Å². The fourth-order valence-electron chi connectivity index (χ4n) is 4.12. The molecule has 0 saturated heterocycles. The Morgan fingerprint density at radius 1 is 1.25 bits per heavy atom. The van der Waals surface area contributed by atoms with E-state index in [0.717, 1.165) is 12.8 Å². The maximum Gasteiger partial charge on any atom is 0.174 e. The zero-order chi connectivity index (χ0) is 23.0. The van der Waals surface area contributed by atoms with Crippen LogP contribution >= 0.6 is 0 Å². The van der Waals surface area contributed by atoms with Gasteiger partial charge in [-0.2, -0.15) is 0 Å². The summed E-state index contributed by atoms with van der Waals surface area (Å²) in [5, 5.41) is 20.7. The quantitative estimate of drug-likeness (QED) is 0.583. The van der Waals surface area contributed by atoms with E-state index < -0.39 is 11.7 Å². The molecule has 2 heterocycles. The molecule has 0 aromatic heterocycles. The van der Waals surface area contributed by atoms with E-state index in [4.69, 9.17) is 14.2 Å². The summed E-state index contributed by atoms with van der Waals surface area (Å²) in [5.74, 6) is 0.758. The van der Waals surface area contributed by atoms with Gasteiger partial charge in [-0.1, -0.05) is 17.7 Å². The van der Waals surface area contributed by atoms with E-state index >= 15 is 0 Å². The van der Waals surface area contributed by atoms with E-state index in [1.54, 1.807) is 18.2 Å². The molecule has 0 amide bonds. The lowest BCUT2D eigenvalue weighted by molar-refractivity contribution is 0.0840. The number of hydrogen-bond acceptors (Lipinski definition) is 6. The Kier molecular flexibility index (Phi) is 5.63. The van der Waals surface area contributed by atoms with Crippen molar-refractivity contribution in [3.63, 3.8) is 0 Å². The lowest BCUT2D eigenvalue weighted by atomic mass is 9.90. The van der Waals surface area contributed by atoms with Crippen molar-refractivity contribution in [1.29, 1.82) is 0 Å². The second kappa shape index (κ2) is 8.26. The summed E-state index contributed by atoms with van der Waals surface area (Å²) >= 11 is 0. The Morgan fingerprint density at radius 2 is 2.03 bits per heavy atom. The second-order valence-electron chi connectivity index (χ2n) is 8.74. The van der Waals surface area contributed by atoms with Crippen LogP contribution in [0.1, 0.15) is 67.6 Å². The molecule has 2 aliphatic rings. The highest BCUT2D eigenvalue weighted by Gasteiger charge is 2.36. The molecule has 2 N–H and O–H groups in total. The number of methoxy groups -OCH3 is 1. The number of carbonyl (C=O) groups is 1. The lowest BCUT2D eigenvalue weighted by Crippen LogP contribution is -2.32. The fraction of sp³-hybridized carbons (Fsp3) is 0.346. The third kappa shape index (κ3) is 4.05. The monoisotopic (exact) mass is 436 g/mol. The maximum atomic E-state index is 12.9. The van der Waals surface area contributed by atoms with Crippen molar-refractivity contribution < 1.29 is 29.2 Å². The maximum absolute atomic E-state index is 12.9. The molecule has 0 spiro atoms. The standard InChI is InChI=1S/C26H28O6/c1-15(2)6-5-10-26(3)11-9-17-21(32-26)14-23-24(25(17)29)19(28)13-20(31-23)16-7-8-18(27)22(12-16)30-4/h6-9,11-12,14,20,27,29H,5,10,13H2,1-4H3/t20-,26?/m0/s1. The number of allylic oxidation sites excluding steroid dienone is 2. The van der Waals surface area contributed by atoms with E-state index in [1.165, 1.54) is 18.7 Å². The fourth-order valence-corrected chi connectivity index (χ4v) is 4.12. The van der Waals surface area contributed by atoms with Gasteiger partial charge < -0.3 is 24.4 Å². The van der Waals surface area contributed by atoms with E-state index in [9.17, 15) is 15.0 Å². The number of phenolic OH excluding ortho intramolecular Hbond substituents is 2. The minimum atomic E-state index is -0.565. The zero-order valence-corrected chi connectivity index (χ0v) is 18.8. The van der Waals surface area contributed by atoms with E-state index in [2.05, 4.69) is 19.9 Å². The highest BCUT2D eigenvalue weighted by atomic mass is 16.5. The van der Waals surface area contributed by atoms with Crippen LogP contribution in [0.5, 0.6) is 28.7 Å². The predicted octanol–water partition coefficient (Wildman–Crippen LogP) is 5.72. The number of ketones is 1. The third-order valence-electron chi connectivity index (χ3n) is 5.90. The number of hydrogen-bond donors (Lipinski definition) is 2. The van der Waals surface area contributed by atoms with Crippen LogP contribution in [0.15, 0.2) is 42.0 Å². The molecule has 32 heavy (non-hydrogen) atoms. The molecule has 6 nitrogen and oxygen atoms in total. The van der Waals surface area contributed by atoms with Crippen LogP contribution in [0.3, 0.4) is 0 Å². The summed E-state index contributed by atoms with van der Waals surface area (Å²) in [6.45, 7) is 6.13. The Hall–Kier alpha value is -3.41. The molecule has 0 bridgehead atoms. The van der Waals surface area contributed by atoms with Crippen molar-refractivity contribution in [2.45, 2.75) is 51.7 Å². The summed E-state index contributed by atoms with van der Waals surface area (Å²) in [6.07, 6.45) is 7.07. The van der Waals surface area contributed by atoms with Gasteiger partial charge in [-0.05, 0) is 63.5 Å². The van der Waals surface area contributed by atoms with Crippen molar-refractivity contribution in [2.75, 3.05) is 7.11 Å². The first-order chi connectivity index (χ1) is 15.2. The first kappa shape index (κ1) is 21.8. The van der Waals surface area contributed by atoms with Crippen LogP contribution < -0.4 is 14.2 Å². The molecule has 168 valence electrons. The predicted molar refractivity (Wildman–Crippen MR) is 122 cm³/mol. The van der Waals surface area contributed by atoms with Crippen LogP contribution in [0.2, 0.25) is 0 Å². The van der Waals surface area contributed by atoms with Gasteiger partial charge in [0, 0.05) is 6.07 Å². The molecule has 4 rings (SSSR count). The summed E-state index contributed by atoms with van der Waals surface area (Å²) < 4.78 is 17.6. The first-order valence-electron chi connectivity index (χ1n) is 10.7. The Balaban J connectivity index is 1.65. The Morgan fingerprint density at radius 3 is 2.75 bits per heavy atom. The van der Waals surface area contributed by atoms with Crippen molar-refractivity contribution in [3.8, 4) is 28.7 Å². The van der Waals surface area contributed by atoms with Gasteiger partial charge in [-0.15, -0.1) is 0 Å². The molecule has 6 heteroatoms. The number of Topliss-reactive ketones (excluding diaryl/α,β-unsaturated/α-hetero) is 1. The van der Waals surface area contributed by atoms with Gasteiger partial charge in [0.15, 0.2) is 17.3 Å². The van der Waals surface area contributed by atoms with Gasteiger partial charge in [-0.25, -0.2) is 0 Å². The number of fused-ring (bicyclic) bond motifs is 2.